The molecule has 0 saturated heterocycles. The summed E-state index contributed by atoms with van der Waals surface area (Å²) >= 11 is 22.9. The monoisotopic (exact) mass is 330 g/mol. The quantitative estimate of drug-likeness (QED) is 0.715. The molecule has 0 spiro atoms. The lowest BCUT2D eigenvalue weighted by molar-refractivity contribution is 1.59. The van der Waals surface area contributed by atoms with Crippen molar-refractivity contribution in [1.29, 1.82) is 0 Å². The van der Waals surface area contributed by atoms with Gasteiger partial charge in [-0.3, -0.25) is 0 Å². The summed E-state index contributed by atoms with van der Waals surface area (Å²) in [5.41, 5.74) is 1.57. The van der Waals surface area contributed by atoms with Crippen molar-refractivity contribution in [2.45, 2.75) is 0 Å². The van der Waals surface area contributed by atoms with Crippen LogP contribution in [0.3, 0.4) is 0 Å². The Morgan fingerprint density at radius 2 is 1.53 bits per heavy atom. The van der Waals surface area contributed by atoms with Crippen LogP contribution < -0.4 is 10.6 Å². The first kappa shape index (κ1) is 14.4. The van der Waals surface area contributed by atoms with Crippen LogP contribution >= 0.6 is 47.0 Å². The molecule has 19 heavy (non-hydrogen) atoms. The van der Waals surface area contributed by atoms with E-state index < -0.39 is 0 Å². The van der Waals surface area contributed by atoms with Crippen molar-refractivity contribution in [2.75, 3.05) is 10.6 Å². The lowest BCUT2D eigenvalue weighted by Crippen LogP contribution is -2.18. The number of hydrogen-bond acceptors (Lipinski definition) is 1. The molecule has 0 heterocycles. The van der Waals surface area contributed by atoms with E-state index in [-0.39, 0.29) is 0 Å². The first-order valence-corrected chi connectivity index (χ1v) is 6.87. The molecule has 0 fully saturated rings. The van der Waals surface area contributed by atoms with Gasteiger partial charge in [0, 0.05) is 16.4 Å². The van der Waals surface area contributed by atoms with Gasteiger partial charge >= 0.3 is 0 Å². The molecule has 2 N–H and O–H groups in total. The van der Waals surface area contributed by atoms with E-state index in [4.69, 9.17) is 47.0 Å². The Morgan fingerprint density at radius 3 is 2.16 bits per heavy atom. The van der Waals surface area contributed by atoms with Gasteiger partial charge in [0.05, 0.1) is 10.0 Å². The Morgan fingerprint density at radius 1 is 0.842 bits per heavy atom. The fraction of sp³-hybridized carbons (Fsp3) is 0. The molecule has 0 aliphatic heterocycles. The Kier molecular flexibility index (Phi) is 4.88. The fourth-order valence-electron chi connectivity index (χ4n) is 1.43. The van der Waals surface area contributed by atoms with Gasteiger partial charge in [-0.15, -0.1) is 0 Å². The average Bonchev–Trinajstić information content (AvgIpc) is 2.34. The summed E-state index contributed by atoms with van der Waals surface area (Å²) in [7, 11) is 0. The maximum atomic E-state index is 5.93. The minimum Gasteiger partial charge on any atom is -0.332 e. The molecule has 0 aliphatic carbocycles. The van der Waals surface area contributed by atoms with Gasteiger partial charge in [-0.25, -0.2) is 0 Å². The largest absolute Gasteiger partial charge is 0.332 e. The van der Waals surface area contributed by atoms with Crippen LogP contribution in [0.25, 0.3) is 0 Å². The topological polar surface area (TPSA) is 24.1 Å². The number of benzene rings is 2. The maximum Gasteiger partial charge on any atom is 0.175 e. The summed E-state index contributed by atoms with van der Waals surface area (Å²) in [4.78, 5) is 0. The van der Waals surface area contributed by atoms with E-state index >= 15 is 0 Å². The van der Waals surface area contributed by atoms with E-state index in [1.54, 1.807) is 30.3 Å². The summed E-state index contributed by atoms with van der Waals surface area (Å²) in [6, 6.07) is 12.5. The van der Waals surface area contributed by atoms with E-state index in [2.05, 4.69) is 10.6 Å². The smallest absolute Gasteiger partial charge is 0.175 e. The summed E-state index contributed by atoms with van der Waals surface area (Å²) in [5.74, 6) is 0. The number of anilines is 2. The minimum atomic E-state index is 0.445. The van der Waals surface area contributed by atoms with Gasteiger partial charge in [-0.05, 0) is 48.6 Å². The van der Waals surface area contributed by atoms with Crippen LogP contribution in [0.1, 0.15) is 0 Å². The van der Waals surface area contributed by atoms with Crippen LogP contribution in [-0.2, 0) is 0 Å². The average molecular weight is 332 g/mol. The van der Waals surface area contributed by atoms with Gasteiger partial charge in [0.2, 0.25) is 0 Å². The maximum absolute atomic E-state index is 5.93. The minimum absolute atomic E-state index is 0.445. The van der Waals surface area contributed by atoms with Crippen molar-refractivity contribution >= 4 is 63.5 Å². The van der Waals surface area contributed by atoms with Gasteiger partial charge < -0.3 is 10.6 Å². The second kappa shape index (κ2) is 6.44. The molecule has 2 aromatic rings. The SMILES string of the molecule is S=C(Nc1cccc(Cl)c1)Nc1ccc(Cl)c(Cl)c1. The lowest BCUT2D eigenvalue weighted by Gasteiger charge is -2.11. The van der Waals surface area contributed by atoms with E-state index in [0.717, 1.165) is 11.4 Å². The van der Waals surface area contributed by atoms with Crippen LogP contribution in [-0.4, -0.2) is 5.11 Å². The molecule has 0 bridgehead atoms. The standard InChI is InChI=1S/C13H9Cl3N2S/c14-8-2-1-3-9(6-8)17-13(19)18-10-4-5-11(15)12(16)7-10/h1-7H,(H2,17,18,19). The highest BCUT2D eigenvalue weighted by atomic mass is 35.5. The van der Waals surface area contributed by atoms with Crippen LogP contribution in [0.15, 0.2) is 42.5 Å². The molecular formula is C13H9Cl3N2S. The zero-order valence-corrected chi connectivity index (χ0v) is 12.7. The van der Waals surface area contributed by atoms with Gasteiger partial charge in [0.15, 0.2) is 5.11 Å². The highest BCUT2D eigenvalue weighted by molar-refractivity contribution is 7.80. The zero-order chi connectivity index (χ0) is 13.8. The van der Waals surface area contributed by atoms with Crippen LogP contribution in [0.5, 0.6) is 0 Å². The molecule has 2 nitrogen and oxygen atoms in total. The molecule has 0 radical (unpaired) electrons. The number of hydrogen-bond donors (Lipinski definition) is 2. The Labute approximate surface area is 131 Å². The molecule has 0 atom stereocenters. The lowest BCUT2D eigenvalue weighted by atomic mass is 10.3. The van der Waals surface area contributed by atoms with Crippen molar-refractivity contribution in [3.8, 4) is 0 Å². The second-order valence-electron chi connectivity index (χ2n) is 3.72. The summed E-state index contributed by atoms with van der Waals surface area (Å²) in [6.45, 7) is 0. The third-order valence-electron chi connectivity index (χ3n) is 2.26. The second-order valence-corrected chi connectivity index (χ2v) is 5.38. The first-order valence-electron chi connectivity index (χ1n) is 5.33. The Bertz CT molecular complexity index is 617. The molecule has 0 saturated carbocycles. The molecule has 0 aliphatic rings. The highest BCUT2D eigenvalue weighted by Gasteiger charge is 2.02. The number of rotatable bonds is 2. The van der Waals surface area contributed by atoms with Crippen molar-refractivity contribution in [3.63, 3.8) is 0 Å². The molecule has 98 valence electrons. The summed E-state index contributed by atoms with van der Waals surface area (Å²) in [5, 5.41) is 8.09. The first-order chi connectivity index (χ1) is 9.04. The number of thiocarbonyl (C=S) groups is 1. The van der Waals surface area contributed by atoms with E-state index in [1.807, 2.05) is 12.1 Å². The molecule has 2 aromatic carbocycles. The number of nitrogens with one attached hydrogen (secondary N) is 2. The molecule has 2 rings (SSSR count). The van der Waals surface area contributed by atoms with Crippen LogP contribution in [0.2, 0.25) is 15.1 Å². The van der Waals surface area contributed by atoms with Gasteiger partial charge in [0.1, 0.15) is 0 Å². The van der Waals surface area contributed by atoms with Crippen molar-refractivity contribution < 1.29 is 0 Å². The van der Waals surface area contributed by atoms with Gasteiger partial charge in [-0.2, -0.15) is 0 Å². The van der Waals surface area contributed by atoms with E-state index in [9.17, 15) is 0 Å². The Balaban J connectivity index is 2.03. The zero-order valence-electron chi connectivity index (χ0n) is 9.58. The van der Waals surface area contributed by atoms with Gasteiger partial charge in [-0.1, -0.05) is 40.9 Å². The predicted octanol–water partition coefficient (Wildman–Crippen LogP) is 5.46. The molecule has 0 aromatic heterocycles. The van der Waals surface area contributed by atoms with E-state index in [0.29, 0.717) is 20.2 Å². The molecule has 6 heteroatoms. The van der Waals surface area contributed by atoms with Crippen molar-refractivity contribution in [3.05, 3.63) is 57.5 Å². The highest BCUT2D eigenvalue weighted by Crippen LogP contribution is 2.25. The van der Waals surface area contributed by atoms with Gasteiger partial charge in [0.25, 0.3) is 0 Å². The predicted molar refractivity (Wildman–Crippen MR) is 87.8 cm³/mol. The third kappa shape index (κ3) is 4.25. The van der Waals surface area contributed by atoms with Crippen LogP contribution in [0, 0.1) is 0 Å². The molecule has 0 unspecified atom stereocenters. The number of halogens is 3. The fourth-order valence-corrected chi connectivity index (χ4v) is 2.16. The molecular weight excluding hydrogens is 323 g/mol. The van der Waals surface area contributed by atoms with Crippen molar-refractivity contribution in [1.82, 2.24) is 0 Å². The van der Waals surface area contributed by atoms with Crippen LogP contribution in [0.4, 0.5) is 11.4 Å². The van der Waals surface area contributed by atoms with E-state index in [1.165, 1.54) is 0 Å². The molecule has 0 amide bonds. The van der Waals surface area contributed by atoms with Crippen molar-refractivity contribution in [2.24, 2.45) is 0 Å². The normalized spacial score (nSPS) is 10.1. The Hall–Kier alpha value is -1.000. The third-order valence-corrected chi connectivity index (χ3v) is 3.44. The summed E-state index contributed by atoms with van der Waals surface area (Å²) < 4.78 is 0. The summed E-state index contributed by atoms with van der Waals surface area (Å²) in [6.07, 6.45) is 0.